The highest BCUT2D eigenvalue weighted by molar-refractivity contribution is 6.24. The van der Waals surface area contributed by atoms with Gasteiger partial charge in [0, 0.05) is 23.0 Å². The Morgan fingerprint density at radius 2 is 1.63 bits per heavy atom. The minimum atomic E-state index is -1.58. The Labute approximate surface area is 247 Å². The fourth-order valence-corrected chi connectivity index (χ4v) is 6.17. The van der Waals surface area contributed by atoms with Crippen LogP contribution in [0, 0.1) is 0 Å². The maximum Gasteiger partial charge on any atom is 0.332 e. The highest BCUT2D eigenvalue weighted by Gasteiger charge is 2.53. The molecule has 1 saturated heterocycles. The van der Waals surface area contributed by atoms with E-state index in [4.69, 9.17) is 0 Å². The summed E-state index contributed by atoms with van der Waals surface area (Å²) in [6.07, 6.45) is -1.08. The number of aromatic amines is 1. The lowest BCUT2D eigenvalue weighted by Gasteiger charge is -2.36. The number of H-pyrrole nitrogens is 1. The van der Waals surface area contributed by atoms with E-state index in [0.717, 1.165) is 38.2 Å². The average molecular weight is 581 g/mol. The summed E-state index contributed by atoms with van der Waals surface area (Å²) in [7, 11) is 0. The molecule has 10 heteroatoms. The van der Waals surface area contributed by atoms with Crippen molar-refractivity contribution >= 4 is 40.4 Å². The number of carbonyl (C=O) groups is 4. The van der Waals surface area contributed by atoms with Crippen LogP contribution >= 0.6 is 0 Å². The number of imide groups is 1. The Balaban J connectivity index is 1.44. The summed E-state index contributed by atoms with van der Waals surface area (Å²) >= 11 is 0. The largest absolute Gasteiger partial charge is 0.480 e. The van der Waals surface area contributed by atoms with Gasteiger partial charge in [0.25, 0.3) is 11.8 Å². The van der Waals surface area contributed by atoms with E-state index in [9.17, 15) is 29.4 Å². The van der Waals surface area contributed by atoms with Gasteiger partial charge in [-0.05, 0) is 47.7 Å². The molecule has 43 heavy (non-hydrogen) atoms. The van der Waals surface area contributed by atoms with Gasteiger partial charge in [0.15, 0.2) is 6.04 Å². The number of carboxylic acid groups (broad SMARTS) is 1. The number of hydrogen-bond donors (Lipinski definition) is 4. The number of urea groups is 1. The first-order valence-corrected chi connectivity index (χ1v) is 14.2. The molecule has 3 heterocycles. The van der Waals surface area contributed by atoms with E-state index in [0.29, 0.717) is 12.3 Å². The van der Waals surface area contributed by atoms with Crippen molar-refractivity contribution in [2.75, 3.05) is 4.90 Å². The van der Waals surface area contributed by atoms with E-state index in [1.165, 1.54) is 19.1 Å². The van der Waals surface area contributed by atoms with E-state index in [2.05, 4.69) is 24.1 Å². The summed E-state index contributed by atoms with van der Waals surface area (Å²) in [6, 6.07) is 18.4. The van der Waals surface area contributed by atoms with E-state index in [1.807, 2.05) is 48.5 Å². The maximum atomic E-state index is 14.3. The van der Waals surface area contributed by atoms with Crippen molar-refractivity contribution in [3.63, 3.8) is 0 Å². The molecule has 4 aromatic rings. The van der Waals surface area contributed by atoms with Gasteiger partial charge in [0.2, 0.25) is 0 Å². The zero-order chi connectivity index (χ0) is 30.6. The van der Waals surface area contributed by atoms with Gasteiger partial charge in [-0.1, -0.05) is 68.4 Å². The molecular weight excluding hydrogens is 548 g/mol. The third kappa shape index (κ3) is 4.64. The van der Waals surface area contributed by atoms with Crippen LogP contribution in [0.4, 0.5) is 10.5 Å². The van der Waals surface area contributed by atoms with Crippen molar-refractivity contribution in [3.05, 3.63) is 101 Å². The number of aliphatic hydroxyl groups excluding tert-OH is 1. The lowest BCUT2D eigenvalue weighted by Crippen LogP contribution is -2.48. The molecule has 0 spiro atoms. The summed E-state index contributed by atoms with van der Waals surface area (Å²) in [5.74, 6) is -2.40. The first kappa shape index (κ1) is 28.2. The first-order valence-electron chi connectivity index (χ1n) is 14.2. The summed E-state index contributed by atoms with van der Waals surface area (Å²) in [5.41, 5.74) is 4.70. The number of carboxylic acids is 1. The molecule has 0 radical (unpaired) electrons. The lowest BCUT2D eigenvalue weighted by molar-refractivity contribution is -0.141. The molecule has 2 aliphatic heterocycles. The molecule has 220 valence electrons. The number of nitrogens with zero attached hydrogens (tertiary/aromatic N) is 2. The number of amides is 4. The number of aliphatic carboxylic acids is 1. The minimum Gasteiger partial charge on any atom is -0.480 e. The smallest absolute Gasteiger partial charge is 0.332 e. The molecule has 3 aromatic carbocycles. The number of aliphatic hydroxyl groups is 1. The van der Waals surface area contributed by atoms with E-state index in [-0.39, 0.29) is 11.3 Å². The van der Waals surface area contributed by atoms with Crippen molar-refractivity contribution < 1.29 is 29.4 Å². The van der Waals surface area contributed by atoms with Crippen molar-refractivity contribution in [3.8, 4) is 0 Å². The van der Waals surface area contributed by atoms with Crippen LogP contribution in [0.3, 0.4) is 0 Å². The fourth-order valence-electron chi connectivity index (χ4n) is 6.17. The number of benzene rings is 3. The molecule has 2 aliphatic rings. The number of hydrogen-bond acceptors (Lipinski definition) is 5. The predicted octanol–water partition coefficient (Wildman–Crippen LogP) is 4.34. The Bertz CT molecular complexity index is 1760. The van der Waals surface area contributed by atoms with Gasteiger partial charge in [-0.2, -0.15) is 0 Å². The Morgan fingerprint density at radius 1 is 0.953 bits per heavy atom. The third-order valence-corrected chi connectivity index (χ3v) is 8.39. The van der Waals surface area contributed by atoms with Gasteiger partial charge in [-0.3, -0.25) is 14.5 Å². The van der Waals surface area contributed by atoms with Crippen LogP contribution in [0.5, 0.6) is 0 Å². The van der Waals surface area contributed by atoms with Gasteiger partial charge in [0.1, 0.15) is 12.1 Å². The SMILES string of the molecule is CC(C)c1ccc(C2c3[nH]c4ccccc4c3CC3C(=O)N(c4ccccc4C(=O)NC(C(=O)O)C(C)O)C(=O)N32)cc1. The number of aromatic nitrogens is 1. The zero-order valence-corrected chi connectivity index (χ0v) is 23.9. The number of anilines is 1. The summed E-state index contributed by atoms with van der Waals surface area (Å²) in [4.78, 5) is 59.4. The standard InChI is InChI=1S/C33H32N4O6/c1-17(2)19-12-14-20(15-13-19)29-28-23(21-8-4-6-10-24(21)34-28)16-26-31(40)37(33(43)36(26)29)25-11-7-5-9-22(25)30(39)35-27(18(3)38)32(41)42/h4-15,17-18,26-27,29,34,38H,16H2,1-3H3,(H,35,39)(H,41,42). The summed E-state index contributed by atoms with van der Waals surface area (Å²) < 4.78 is 0. The van der Waals surface area contributed by atoms with Crippen molar-refractivity contribution in [1.29, 1.82) is 0 Å². The normalized spacial score (nSPS) is 19.4. The molecule has 0 saturated carbocycles. The molecule has 6 rings (SSSR count). The van der Waals surface area contributed by atoms with Crippen molar-refractivity contribution in [2.45, 2.75) is 57.3 Å². The van der Waals surface area contributed by atoms with Crippen molar-refractivity contribution in [2.24, 2.45) is 0 Å². The van der Waals surface area contributed by atoms with Crippen LogP contribution in [-0.2, 0) is 16.0 Å². The van der Waals surface area contributed by atoms with Gasteiger partial charge < -0.3 is 20.5 Å². The number of fused-ring (bicyclic) bond motifs is 4. The number of carbonyl (C=O) groups excluding carboxylic acids is 3. The van der Waals surface area contributed by atoms with Crippen LogP contribution in [0.15, 0.2) is 72.8 Å². The van der Waals surface area contributed by atoms with Gasteiger partial charge in [0.05, 0.1) is 17.4 Å². The van der Waals surface area contributed by atoms with Crippen LogP contribution < -0.4 is 10.2 Å². The minimum absolute atomic E-state index is 0.0431. The first-order chi connectivity index (χ1) is 20.6. The predicted molar refractivity (Wildman–Crippen MR) is 160 cm³/mol. The van der Waals surface area contributed by atoms with E-state index in [1.54, 1.807) is 17.0 Å². The van der Waals surface area contributed by atoms with E-state index >= 15 is 0 Å². The molecule has 1 fully saturated rings. The molecular formula is C33H32N4O6. The second kappa shape index (κ2) is 10.7. The van der Waals surface area contributed by atoms with Crippen LogP contribution in [0.25, 0.3) is 10.9 Å². The Hall–Kier alpha value is -4.96. The topological polar surface area (TPSA) is 143 Å². The summed E-state index contributed by atoms with van der Waals surface area (Å²) in [5, 5.41) is 22.6. The molecule has 10 nitrogen and oxygen atoms in total. The Morgan fingerprint density at radius 3 is 2.30 bits per heavy atom. The quantitative estimate of drug-likeness (QED) is 0.240. The monoisotopic (exact) mass is 580 g/mol. The molecule has 4 atom stereocenters. The van der Waals surface area contributed by atoms with Gasteiger partial charge >= 0.3 is 12.0 Å². The highest BCUT2D eigenvalue weighted by Crippen LogP contribution is 2.45. The lowest BCUT2D eigenvalue weighted by atomic mass is 9.88. The molecule has 0 bridgehead atoms. The van der Waals surface area contributed by atoms with Crippen LogP contribution in [0.1, 0.15) is 65.5 Å². The van der Waals surface area contributed by atoms with Crippen LogP contribution in [-0.4, -0.2) is 62.1 Å². The van der Waals surface area contributed by atoms with Crippen LogP contribution in [0.2, 0.25) is 0 Å². The second-order valence-corrected chi connectivity index (χ2v) is 11.4. The average Bonchev–Trinajstić information content (AvgIpc) is 3.48. The summed E-state index contributed by atoms with van der Waals surface area (Å²) in [6.45, 7) is 5.47. The maximum absolute atomic E-state index is 14.3. The Kier molecular flexibility index (Phi) is 7.01. The third-order valence-electron chi connectivity index (χ3n) is 8.39. The molecule has 4 N–H and O–H groups in total. The van der Waals surface area contributed by atoms with E-state index < -0.39 is 48.0 Å². The molecule has 1 aromatic heterocycles. The molecule has 4 unspecified atom stereocenters. The molecule has 0 aliphatic carbocycles. The van der Waals surface area contributed by atoms with Gasteiger partial charge in [-0.25, -0.2) is 14.5 Å². The highest BCUT2D eigenvalue weighted by atomic mass is 16.4. The second-order valence-electron chi connectivity index (χ2n) is 11.4. The number of rotatable bonds is 7. The zero-order valence-electron chi connectivity index (χ0n) is 23.9. The van der Waals surface area contributed by atoms with Gasteiger partial charge in [-0.15, -0.1) is 0 Å². The van der Waals surface area contributed by atoms with Crippen molar-refractivity contribution in [1.82, 2.24) is 15.2 Å². The number of nitrogens with one attached hydrogen (secondary N) is 2. The number of para-hydroxylation sites is 2. The fraction of sp³-hybridized carbons (Fsp3) is 0.273. The molecule has 4 amide bonds.